The lowest BCUT2D eigenvalue weighted by molar-refractivity contribution is 1.04. The van der Waals surface area contributed by atoms with Gasteiger partial charge in [0.15, 0.2) is 0 Å². The van der Waals surface area contributed by atoms with Gasteiger partial charge in [0, 0.05) is 33.6 Å². The van der Waals surface area contributed by atoms with E-state index in [1.54, 1.807) is 46.8 Å². The summed E-state index contributed by atoms with van der Waals surface area (Å²) in [6.45, 7) is 0. The van der Waals surface area contributed by atoms with Gasteiger partial charge in [-0.05, 0) is 72.0 Å². The molecule has 2 heterocycles. The van der Waals surface area contributed by atoms with Crippen LogP contribution >= 0.6 is 23.4 Å². The van der Waals surface area contributed by atoms with Crippen LogP contribution in [0.15, 0.2) is 88.7 Å². The maximum Gasteiger partial charge on any atom is 0.255 e. The number of pyridine rings is 2. The van der Waals surface area contributed by atoms with Crippen LogP contribution in [0.25, 0.3) is 38.6 Å². The number of hydrogen-bond donors (Lipinski definition) is 0. The summed E-state index contributed by atoms with van der Waals surface area (Å²) in [7, 11) is 0. The van der Waals surface area contributed by atoms with E-state index in [-0.39, 0.29) is 5.56 Å². The molecule has 0 aliphatic carbocycles. The Balaban J connectivity index is 1.82. The first-order chi connectivity index (χ1) is 15.6. The van der Waals surface area contributed by atoms with Crippen LogP contribution in [-0.4, -0.2) is 15.8 Å². The van der Waals surface area contributed by atoms with Crippen LogP contribution in [0.5, 0.6) is 0 Å². The number of halogens is 1. The predicted molar refractivity (Wildman–Crippen MR) is 132 cm³/mol. The predicted octanol–water partition coefficient (Wildman–Crippen LogP) is 6.45. The normalized spacial score (nSPS) is 11.0. The van der Waals surface area contributed by atoms with E-state index in [1.807, 2.05) is 54.8 Å². The van der Waals surface area contributed by atoms with E-state index in [9.17, 15) is 10.1 Å². The first-order valence-corrected chi connectivity index (χ1v) is 11.5. The summed E-state index contributed by atoms with van der Waals surface area (Å²) in [6, 6.07) is 24.7. The van der Waals surface area contributed by atoms with Crippen LogP contribution in [-0.2, 0) is 0 Å². The van der Waals surface area contributed by atoms with Crippen molar-refractivity contribution < 1.29 is 0 Å². The van der Waals surface area contributed by atoms with Crippen molar-refractivity contribution in [1.82, 2.24) is 9.55 Å². The Morgan fingerprint density at radius 3 is 2.47 bits per heavy atom. The fourth-order valence-corrected chi connectivity index (χ4v) is 4.44. The van der Waals surface area contributed by atoms with Gasteiger partial charge in [0.25, 0.3) is 5.56 Å². The molecule has 3 aromatic carbocycles. The molecule has 0 atom stereocenters. The van der Waals surface area contributed by atoms with Crippen LogP contribution in [0.2, 0.25) is 5.02 Å². The highest BCUT2D eigenvalue weighted by molar-refractivity contribution is 7.98. The lowest BCUT2D eigenvalue weighted by atomic mass is 10.0. The zero-order chi connectivity index (χ0) is 22.2. The van der Waals surface area contributed by atoms with Crippen molar-refractivity contribution in [3.8, 4) is 22.9 Å². The van der Waals surface area contributed by atoms with E-state index >= 15 is 0 Å². The first kappa shape index (κ1) is 20.3. The molecule has 0 bridgehead atoms. The lowest BCUT2D eigenvalue weighted by Gasteiger charge is -2.14. The highest BCUT2D eigenvalue weighted by Gasteiger charge is 2.12. The third-order valence-corrected chi connectivity index (χ3v) is 6.54. The van der Waals surface area contributed by atoms with Gasteiger partial charge in [-0.15, -0.1) is 11.8 Å². The van der Waals surface area contributed by atoms with Crippen molar-refractivity contribution in [3.63, 3.8) is 0 Å². The summed E-state index contributed by atoms with van der Waals surface area (Å²) in [4.78, 5) is 18.7. The molecule has 0 amide bonds. The van der Waals surface area contributed by atoms with E-state index in [1.165, 1.54) is 0 Å². The number of thioether (sulfide) groups is 1. The topological polar surface area (TPSA) is 58.7 Å². The fraction of sp³-hybridized carbons (Fsp3) is 0.0385. The minimum Gasteiger partial charge on any atom is -0.276 e. The number of rotatable bonds is 3. The molecule has 0 aliphatic heterocycles. The second-order valence-corrected chi connectivity index (χ2v) is 8.59. The minimum atomic E-state index is -0.106. The molecule has 154 valence electrons. The molecule has 4 nitrogen and oxygen atoms in total. The smallest absolute Gasteiger partial charge is 0.255 e. The molecule has 2 aromatic heterocycles. The highest BCUT2D eigenvalue weighted by atomic mass is 35.5. The van der Waals surface area contributed by atoms with E-state index in [2.05, 4.69) is 11.1 Å². The van der Waals surface area contributed by atoms with Gasteiger partial charge in [-0.2, -0.15) is 5.26 Å². The van der Waals surface area contributed by atoms with Gasteiger partial charge in [0.05, 0.1) is 21.6 Å². The fourth-order valence-electron chi connectivity index (χ4n) is 3.87. The van der Waals surface area contributed by atoms with E-state index < -0.39 is 0 Å². The number of hydrogen-bond acceptors (Lipinski definition) is 4. The monoisotopic (exact) mass is 453 g/mol. The van der Waals surface area contributed by atoms with Crippen LogP contribution in [0.3, 0.4) is 0 Å². The summed E-state index contributed by atoms with van der Waals surface area (Å²) in [5, 5.41) is 11.5. The average molecular weight is 454 g/mol. The van der Waals surface area contributed by atoms with Crippen molar-refractivity contribution in [2.45, 2.75) is 4.90 Å². The molecule has 6 heteroatoms. The molecular formula is C26H16ClN3OS. The molecule has 0 saturated heterocycles. The molecule has 5 aromatic rings. The molecule has 0 spiro atoms. The van der Waals surface area contributed by atoms with Gasteiger partial charge < -0.3 is 0 Å². The largest absolute Gasteiger partial charge is 0.276 e. The van der Waals surface area contributed by atoms with Crippen LogP contribution in [0, 0.1) is 11.3 Å². The van der Waals surface area contributed by atoms with Crippen molar-refractivity contribution in [3.05, 3.63) is 99.9 Å². The Morgan fingerprint density at radius 1 is 0.969 bits per heavy atom. The average Bonchev–Trinajstić information content (AvgIpc) is 2.84. The van der Waals surface area contributed by atoms with Crippen molar-refractivity contribution >= 4 is 45.2 Å². The molecular weight excluding hydrogens is 438 g/mol. The summed E-state index contributed by atoms with van der Waals surface area (Å²) in [5.74, 6) is 0. The summed E-state index contributed by atoms with van der Waals surface area (Å²) >= 11 is 7.77. The van der Waals surface area contributed by atoms with Crippen molar-refractivity contribution in [2.24, 2.45) is 0 Å². The highest BCUT2D eigenvalue weighted by Crippen LogP contribution is 2.31. The van der Waals surface area contributed by atoms with Crippen LogP contribution in [0.1, 0.15) is 5.56 Å². The molecule has 0 unspecified atom stereocenters. The molecule has 0 fully saturated rings. The maximum atomic E-state index is 13.0. The maximum absolute atomic E-state index is 13.0. The van der Waals surface area contributed by atoms with Gasteiger partial charge in [-0.3, -0.25) is 14.3 Å². The molecule has 0 N–H and O–H groups in total. The van der Waals surface area contributed by atoms with E-state index in [0.29, 0.717) is 10.6 Å². The zero-order valence-corrected chi connectivity index (χ0v) is 18.6. The third-order valence-electron chi connectivity index (χ3n) is 5.47. The molecule has 0 radical (unpaired) electrons. The molecule has 0 saturated carbocycles. The second kappa shape index (κ2) is 8.16. The standard InChI is InChI=1S/C26H16ClN3OS/c1-32-21-7-5-20(6-8-21)30-25(31)11-4-18-15-29-24-10-3-17(13-22(24)26(18)30)16-2-9-23(27)19(12-16)14-28/h2-13,15H,1H3. The number of fused-ring (bicyclic) bond motifs is 3. The Labute approximate surface area is 193 Å². The number of aromatic nitrogens is 2. The number of nitrogens with zero attached hydrogens (tertiary/aromatic N) is 3. The first-order valence-electron chi connectivity index (χ1n) is 9.88. The van der Waals surface area contributed by atoms with Gasteiger partial charge in [-0.25, -0.2) is 0 Å². The number of benzene rings is 3. The molecule has 5 rings (SSSR count). The Morgan fingerprint density at radius 2 is 1.72 bits per heavy atom. The summed E-state index contributed by atoms with van der Waals surface area (Å²) in [6.07, 6.45) is 3.81. The molecule has 0 aliphatic rings. The third kappa shape index (κ3) is 3.44. The van der Waals surface area contributed by atoms with Gasteiger partial charge in [0.1, 0.15) is 6.07 Å². The quantitative estimate of drug-likeness (QED) is 0.232. The lowest BCUT2D eigenvalue weighted by Crippen LogP contribution is -2.17. The SMILES string of the molecule is CSc1ccc(-n2c(=O)ccc3cnc4ccc(-c5ccc(Cl)c(C#N)c5)cc4c32)cc1. The van der Waals surface area contributed by atoms with Crippen molar-refractivity contribution in [1.29, 1.82) is 5.26 Å². The van der Waals surface area contributed by atoms with Gasteiger partial charge >= 0.3 is 0 Å². The molecule has 32 heavy (non-hydrogen) atoms. The van der Waals surface area contributed by atoms with Crippen molar-refractivity contribution in [2.75, 3.05) is 6.26 Å². The summed E-state index contributed by atoms with van der Waals surface area (Å²) < 4.78 is 1.73. The second-order valence-electron chi connectivity index (χ2n) is 7.31. The zero-order valence-electron chi connectivity index (χ0n) is 17.0. The van der Waals surface area contributed by atoms with E-state index in [4.69, 9.17) is 11.6 Å². The Kier molecular flexibility index (Phi) is 5.18. The minimum absolute atomic E-state index is 0.106. The Bertz CT molecular complexity index is 1600. The van der Waals surface area contributed by atoms with E-state index in [0.717, 1.165) is 43.5 Å². The van der Waals surface area contributed by atoms with Gasteiger partial charge in [-0.1, -0.05) is 23.7 Å². The number of nitriles is 1. The summed E-state index contributed by atoms with van der Waals surface area (Å²) in [5.41, 5.74) is 4.50. The van der Waals surface area contributed by atoms with Gasteiger partial charge in [0.2, 0.25) is 0 Å². The van der Waals surface area contributed by atoms with Crippen LogP contribution in [0.4, 0.5) is 0 Å². The van der Waals surface area contributed by atoms with Crippen LogP contribution < -0.4 is 5.56 Å². The Hall–Kier alpha value is -3.59.